The van der Waals surface area contributed by atoms with Gasteiger partial charge >= 0.3 is 5.97 Å². The predicted octanol–water partition coefficient (Wildman–Crippen LogP) is 2.12. The standard InChI is InChI=1S/C24H26N2O6/c1-13(2)26-21(28)17-18(22(26)29)24(23(30)31,12-14-8-5-4-6-9-14)25-19(17)15-10-7-11-16(32-3)20(15)27/h4-11,13,17-19,25,27H,12H2,1-3H3,(H,30,31). The third kappa shape index (κ3) is 3.14. The highest BCUT2D eigenvalue weighted by Crippen LogP contribution is 2.52. The van der Waals surface area contributed by atoms with Gasteiger partial charge < -0.3 is 14.9 Å². The lowest BCUT2D eigenvalue weighted by molar-refractivity contribution is -0.152. The number of rotatable bonds is 6. The number of carbonyl (C=O) groups excluding carboxylic acids is 2. The summed E-state index contributed by atoms with van der Waals surface area (Å²) in [6.45, 7) is 3.45. The van der Waals surface area contributed by atoms with Crippen molar-refractivity contribution in [3.05, 3.63) is 59.7 Å². The molecule has 2 saturated heterocycles. The van der Waals surface area contributed by atoms with E-state index in [4.69, 9.17) is 4.74 Å². The van der Waals surface area contributed by atoms with Gasteiger partial charge in [-0.1, -0.05) is 42.5 Å². The fraction of sp³-hybridized carbons (Fsp3) is 0.375. The van der Waals surface area contributed by atoms with E-state index in [2.05, 4.69) is 5.32 Å². The van der Waals surface area contributed by atoms with Gasteiger partial charge in [0.1, 0.15) is 5.54 Å². The Morgan fingerprint density at radius 1 is 1.12 bits per heavy atom. The number of methoxy groups -OCH3 is 1. The zero-order valence-electron chi connectivity index (χ0n) is 18.1. The quantitative estimate of drug-likeness (QED) is 0.592. The topological polar surface area (TPSA) is 116 Å². The van der Waals surface area contributed by atoms with Gasteiger partial charge in [0.25, 0.3) is 0 Å². The number of aliphatic carboxylic acids is 1. The molecule has 0 aliphatic carbocycles. The van der Waals surface area contributed by atoms with E-state index >= 15 is 0 Å². The maximum absolute atomic E-state index is 13.4. The second-order valence-corrected chi connectivity index (χ2v) is 8.60. The number of nitrogens with zero attached hydrogens (tertiary/aromatic N) is 1. The van der Waals surface area contributed by atoms with Gasteiger partial charge in [0.15, 0.2) is 11.5 Å². The molecular weight excluding hydrogens is 412 g/mol. The van der Waals surface area contributed by atoms with E-state index in [0.717, 1.165) is 10.5 Å². The number of nitrogens with one attached hydrogen (secondary N) is 1. The van der Waals surface area contributed by atoms with Gasteiger partial charge in [-0.2, -0.15) is 0 Å². The summed E-state index contributed by atoms with van der Waals surface area (Å²) in [7, 11) is 1.41. The molecule has 2 aromatic carbocycles. The van der Waals surface area contributed by atoms with Gasteiger partial charge in [-0.3, -0.25) is 24.6 Å². The molecule has 0 spiro atoms. The average molecular weight is 438 g/mol. The molecule has 2 fully saturated rings. The van der Waals surface area contributed by atoms with Crippen molar-refractivity contribution in [2.75, 3.05) is 7.11 Å². The molecule has 2 amide bonds. The molecular formula is C24H26N2O6. The number of para-hydroxylation sites is 1. The summed E-state index contributed by atoms with van der Waals surface area (Å²) in [5.74, 6) is -4.23. The van der Waals surface area contributed by atoms with E-state index in [1.54, 1.807) is 56.3 Å². The molecule has 8 heteroatoms. The number of ether oxygens (including phenoxy) is 1. The van der Waals surface area contributed by atoms with Gasteiger partial charge in [0, 0.05) is 24.1 Å². The number of carboxylic acid groups (broad SMARTS) is 1. The molecule has 0 aromatic heterocycles. The fourth-order valence-corrected chi connectivity index (χ4v) is 5.11. The van der Waals surface area contributed by atoms with Crippen LogP contribution in [0.3, 0.4) is 0 Å². The van der Waals surface area contributed by atoms with Gasteiger partial charge in [0.05, 0.1) is 18.9 Å². The number of carbonyl (C=O) groups is 3. The van der Waals surface area contributed by atoms with Crippen LogP contribution < -0.4 is 10.1 Å². The first-order valence-electron chi connectivity index (χ1n) is 10.5. The second kappa shape index (κ2) is 7.94. The van der Waals surface area contributed by atoms with E-state index in [9.17, 15) is 24.6 Å². The van der Waals surface area contributed by atoms with Gasteiger partial charge in [-0.05, 0) is 25.5 Å². The van der Waals surface area contributed by atoms with Crippen LogP contribution in [0.25, 0.3) is 0 Å². The molecule has 0 bridgehead atoms. The van der Waals surface area contributed by atoms with Crippen molar-refractivity contribution in [3.8, 4) is 11.5 Å². The number of imide groups is 1. The van der Waals surface area contributed by atoms with Crippen LogP contribution in [0, 0.1) is 11.8 Å². The molecule has 4 unspecified atom stereocenters. The van der Waals surface area contributed by atoms with E-state index < -0.39 is 47.2 Å². The molecule has 32 heavy (non-hydrogen) atoms. The average Bonchev–Trinajstić information content (AvgIpc) is 3.23. The summed E-state index contributed by atoms with van der Waals surface area (Å²) >= 11 is 0. The van der Waals surface area contributed by atoms with Crippen molar-refractivity contribution >= 4 is 17.8 Å². The molecule has 2 aliphatic heterocycles. The Bertz CT molecular complexity index is 1070. The van der Waals surface area contributed by atoms with Gasteiger partial charge in [0.2, 0.25) is 11.8 Å². The maximum Gasteiger partial charge on any atom is 0.325 e. The molecule has 2 aliphatic rings. The Morgan fingerprint density at radius 2 is 1.81 bits per heavy atom. The molecule has 2 aromatic rings. The first-order valence-corrected chi connectivity index (χ1v) is 10.5. The monoisotopic (exact) mass is 438 g/mol. The van der Waals surface area contributed by atoms with Crippen LogP contribution in [-0.2, 0) is 20.8 Å². The highest BCUT2D eigenvalue weighted by Gasteiger charge is 2.68. The zero-order valence-corrected chi connectivity index (χ0v) is 18.1. The van der Waals surface area contributed by atoms with Crippen molar-refractivity contribution in [2.24, 2.45) is 11.8 Å². The minimum absolute atomic E-state index is 0.0104. The number of hydrogen-bond acceptors (Lipinski definition) is 6. The zero-order chi connectivity index (χ0) is 23.2. The Kier molecular flexibility index (Phi) is 5.42. The third-order valence-electron chi connectivity index (χ3n) is 6.50. The van der Waals surface area contributed by atoms with Crippen molar-refractivity contribution in [1.29, 1.82) is 0 Å². The first kappa shape index (κ1) is 21.8. The van der Waals surface area contributed by atoms with Crippen LogP contribution in [0.15, 0.2) is 48.5 Å². The Labute approximate surface area is 185 Å². The number of fused-ring (bicyclic) bond motifs is 1. The molecule has 0 saturated carbocycles. The highest BCUT2D eigenvalue weighted by molar-refractivity contribution is 6.09. The van der Waals surface area contributed by atoms with Crippen molar-refractivity contribution in [1.82, 2.24) is 10.2 Å². The highest BCUT2D eigenvalue weighted by atomic mass is 16.5. The molecule has 2 heterocycles. The summed E-state index contributed by atoms with van der Waals surface area (Å²) in [6.07, 6.45) is 0.0104. The smallest absolute Gasteiger partial charge is 0.325 e. The molecule has 168 valence electrons. The van der Waals surface area contributed by atoms with Crippen LogP contribution in [0.5, 0.6) is 11.5 Å². The SMILES string of the molecule is COc1cccc(C2NC(Cc3ccccc3)(C(=O)O)C3C(=O)N(C(C)C)C(=O)C23)c1O. The van der Waals surface area contributed by atoms with Crippen molar-refractivity contribution < 1.29 is 29.3 Å². The Hall–Kier alpha value is -3.39. The summed E-state index contributed by atoms with van der Waals surface area (Å²) < 4.78 is 5.20. The van der Waals surface area contributed by atoms with Crippen molar-refractivity contribution in [3.63, 3.8) is 0 Å². The van der Waals surface area contributed by atoms with Crippen LogP contribution in [0.1, 0.15) is 31.0 Å². The summed E-state index contributed by atoms with van der Waals surface area (Å²) in [6, 6.07) is 12.5. The molecule has 0 radical (unpaired) electrons. The maximum atomic E-state index is 13.4. The summed E-state index contributed by atoms with van der Waals surface area (Å²) in [5.41, 5.74) is -0.676. The number of amides is 2. The van der Waals surface area contributed by atoms with E-state index in [0.29, 0.717) is 5.56 Å². The van der Waals surface area contributed by atoms with Crippen LogP contribution >= 0.6 is 0 Å². The van der Waals surface area contributed by atoms with E-state index in [1.165, 1.54) is 7.11 Å². The largest absolute Gasteiger partial charge is 0.504 e. The first-order chi connectivity index (χ1) is 15.2. The number of aromatic hydroxyl groups is 1. The molecule has 4 rings (SSSR count). The van der Waals surface area contributed by atoms with Crippen molar-refractivity contribution in [2.45, 2.75) is 37.9 Å². The number of phenolic OH excluding ortho intramolecular Hbond substituents is 1. The third-order valence-corrected chi connectivity index (χ3v) is 6.50. The molecule has 8 nitrogen and oxygen atoms in total. The lowest BCUT2D eigenvalue weighted by atomic mass is 9.76. The van der Waals surface area contributed by atoms with E-state index in [1.807, 2.05) is 6.07 Å². The normalized spacial score (nSPS) is 27.1. The summed E-state index contributed by atoms with van der Waals surface area (Å²) in [5, 5.41) is 24.3. The van der Waals surface area contributed by atoms with Crippen LogP contribution in [-0.4, -0.2) is 51.6 Å². The minimum atomic E-state index is -1.72. The number of phenols is 1. The summed E-state index contributed by atoms with van der Waals surface area (Å²) in [4.78, 5) is 40.8. The number of hydrogen-bond donors (Lipinski definition) is 3. The van der Waals surface area contributed by atoms with Gasteiger partial charge in [-0.25, -0.2) is 0 Å². The predicted molar refractivity (Wildman–Crippen MR) is 115 cm³/mol. The lowest BCUT2D eigenvalue weighted by Crippen LogP contribution is -2.57. The van der Waals surface area contributed by atoms with Gasteiger partial charge in [-0.15, -0.1) is 0 Å². The van der Waals surface area contributed by atoms with Crippen LogP contribution in [0.4, 0.5) is 0 Å². The minimum Gasteiger partial charge on any atom is -0.504 e. The number of benzene rings is 2. The molecule has 4 atom stereocenters. The molecule has 3 N–H and O–H groups in total. The lowest BCUT2D eigenvalue weighted by Gasteiger charge is -2.32. The second-order valence-electron chi connectivity index (χ2n) is 8.60. The Morgan fingerprint density at radius 3 is 2.41 bits per heavy atom. The van der Waals surface area contributed by atoms with Crippen LogP contribution in [0.2, 0.25) is 0 Å². The number of likely N-dealkylation sites (tertiary alicyclic amines) is 1. The Balaban J connectivity index is 1.90. The van der Waals surface area contributed by atoms with E-state index in [-0.39, 0.29) is 17.9 Å². The fourth-order valence-electron chi connectivity index (χ4n) is 5.11. The number of carboxylic acids is 1.